The van der Waals surface area contributed by atoms with Gasteiger partial charge in [0.1, 0.15) is 0 Å². The SMILES string of the molecule is CC(N)C(=O)Nc1ccc(O)c(F)c1. The zero-order valence-electron chi connectivity index (χ0n) is 7.62. The first-order valence-corrected chi connectivity index (χ1v) is 4.05. The molecule has 0 aromatic heterocycles. The maximum Gasteiger partial charge on any atom is 0.241 e. The largest absolute Gasteiger partial charge is 0.505 e. The second-order valence-electron chi connectivity index (χ2n) is 2.94. The molecule has 0 bridgehead atoms. The molecule has 76 valence electrons. The summed E-state index contributed by atoms with van der Waals surface area (Å²) in [6, 6.07) is 2.91. The Balaban J connectivity index is 2.78. The van der Waals surface area contributed by atoms with Crippen LogP contribution in [0.1, 0.15) is 6.92 Å². The average molecular weight is 198 g/mol. The summed E-state index contributed by atoms with van der Waals surface area (Å²) in [5.41, 5.74) is 5.56. The van der Waals surface area contributed by atoms with Crippen molar-refractivity contribution < 1.29 is 14.3 Å². The number of hydrogen-bond acceptors (Lipinski definition) is 3. The first-order valence-electron chi connectivity index (χ1n) is 4.05. The van der Waals surface area contributed by atoms with Crippen LogP contribution in [0, 0.1) is 5.82 Å². The van der Waals surface area contributed by atoms with Gasteiger partial charge in [0.05, 0.1) is 6.04 Å². The van der Waals surface area contributed by atoms with Gasteiger partial charge in [-0.1, -0.05) is 0 Å². The fourth-order valence-electron chi connectivity index (χ4n) is 0.841. The summed E-state index contributed by atoms with van der Waals surface area (Å²) < 4.78 is 12.8. The van der Waals surface area contributed by atoms with Gasteiger partial charge in [0.25, 0.3) is 0 Å². The van der Waals surface area contributed by atoms with E-state index in [2.05, 4.69) is 5.32 Å². The summed E-state index contributed by atoms with van der Waals surface area (Å²) in [4.78, 5) is 11.1. The number of nitrogens with two attached hydrogens (primary N) is 1. The molecule has 1 amide bonds. The number of phenols is 1. The summed E-state index contributed by atoms with van der Waals surface area (Å²) in [6.07, 6.45) is 0. The van der Waals surface area contributed by atoms with E-state index in [-0.39, 0.29) is 5.69 Å². The zero-order chi connectivity index (χ0) is 10.7. The highest BCUT2D eigenvalue weighted by Crippen LogP contribution is 2.19. The van der Waals surface area contributed by atoms with E-state index in [1.807, 2.05) is 0 Å². The van der Waals surface area contributed by atoms with Crippen molar-refractivity contribution in [2.24, 2.45) is 5.73 Å². The van der Waals surface area contributed by atoms with Crippen LogP contribution < -0.4 is 11.1 Å². The van der Waals surface area contributed by atoms with E-state index in [0.717, 1.165) is 12.1 Å². The molecule has 1 atom stereocenters. The number of carbonyl (C=O) groups is 1. The van der Waals surface area contributed by atoms with E-state index in [9.17, 15) is 9.18 Å². The summed E-state index contributed by atoms with van der Waals surface area (Å²) in [7, 11) is 0. The predicted octanol–water partition coefficient (Wildman–Crippen LogP) is 0.817. The number of rotatable bonds is 2. The number of aromatic hydroxyl groups is 1. The molecule has 0 radical (unpaired) electrons. The summed E-state index contributed by atoms with van der Waals surface area (Å²) in [5, 5.41) is 11.3. The fraction of sp³-hybridized carbons (Fsp3) is 0.222. The highest BCUT2D eigenvalue weighted by molar-refractivity contribution is 5.94. The maximum absolute atomic E-state index is 12.8. The van der Waals surface area contributed by atoms with Crippen molar-refractivity contribution in [3.8, 4) is 5.75 Å². The molecule has 1 aromatic carbocycles. The van der Waals surface area contributed by atoms with Crippen LogP contribution in [0.2, 0.25) is 0 Å². The number of anilines is 1. The van der Waals surface area contributed by atoms with Gasteiger partial charge in [-0.05, 0) is 19.1 Å². The number of halogens is 1. The lowest BCUT2D eigenvalue weighted by Gasteiger charge is -2.07. The molecular formula is C9H11FN2O2. The van der Waals surface area contributed by atoms with Crippen molar-refractivity contribution in [2.45, 2.75) is 13.0 Å². The highest BCUT2D eigenvalue weighted by atomic mass is 19.1. The Morgan fingerprint density at radius 2 is 2.29 bits per heavy atom. The third-order valence-corrected chi connectivity index (χ3v) is 1.63. The molecule has 4 N–H and O–H groups in total. The van der Waals surface area contributed by atoms with Gasteiger partial charge < -0.3 is 16.2 Å². The van der Waals surface area contributed by atoms with Gasteiger partial charge in [0.15, 0.2) is 11.6 Å². The molecule has 0 aliphatic rings. The van der Waals surface area contributed by atoms with Crippen LogP contribution in [0.3, 0.4) is 0 Å². The van der Waals surface area contributed by atoms with E-state index >= 15 is 0 Å². The summed E-state index contributed by atoms with van der Waals surface area (Å²) >= 11 is 0. The maximum atomic E-state index is 12.8. The smallest absolute Gasteiger partial charge is 0.241 e. The van der Waals surface area contributed by atoms with Crippen molar-refractivity contribution in [1.82, 2.24) is 0 Å². The second kappa shape index (κ2) is 4.06. The van der Waals surface area contributed by atoms with E-state index < -0.39 is 23.5 Å². The monoisotopic (exact) mass is 198 g/mol. The molecule has 14 heavy (non-hydrogen) atoms. The first-order chi connectivity index (χ1) is 6.50. The predicted molar refractivity (Wildman–Crippen MR) is 50.3 cm³/mol. The molecule has 1 rings (SSSR count). The van der Waals surface area contributed by atoms with Crippen LogP contribution >= 0.6 is 0 Å². The topological polar surface area (TPSA) is 75.4 Å². The van der Waals surface area contributed by atoms with Gasteiger partial charge in [-0.2, -0.15) is 0 Å². The van der Waals surface area contributed by atoms with Crippen molar-refractivity contribution in [2.75, 3.05) is 5.32 Å². The standard InChI is InChI=1S/C9H11FN2O2/c1-5(11)9(14)12-6-2-3-8(13)7(10)4-6/h2-5,13H,11H2,1H3,(H,12,14). The van der Waals surface area contributed by atoms with Gasteiger partial charge >= 0.3 is 0 Å². The van der Waals surface area contributed by atoms with Crippen molar-refractivity contribution in [1.29, 1.82) is 0 Å². The molecule has 0 aliphatic carbocycles. The minimum atomic E-state index is -0.785. The molecule has 0 saturated carbocycles. The van der Waals surface area contributed by atoms with Crippen LogP contribution in [-0.2, 0) is 4.79 Å². The quantitative estimate of drug-likeness (QED) is 0.616. The first kappa shape index (κ1) is 10.5. The van der Waals surface area contributed by atoms with Gasteiger partial charge in [-0.15, -0.1) is 0 Å². The average Bonchev–Trinajstić information content (AvgIpc) is 2.11. The van der Waals surface area contributed by atoms with E-state index in [0.29, 0.717) is 0 Å². The van der Waals surface area contributed by atoms with Crippen molar-refractivity contribution >= 4 is 11.6 Å². The van der Waals surface area contributed by atoms with Crippen molar-refractivity contribution in [3.05, 3.63) is 24.0 Å². The zero-order valence-corrected chi connectivity index (χ0v) is 7.62. The van der Waals surface area contributed by atoms with Crippen LogP contribution in [0.25, 0.3) is 0 Å². The Hall–Kier alpha value is -1.62. The van der Waals surface area contributed by atoms with E-state index in [4.69, 9.17) is 10.8 Å². The lowest BCUT2D eigenvalue weighted by Crippen LogP contribution is -2.32. The van der Waals surface area contributed by atoms with Crippen LogP contribution in [0.15, 0.2) is 18.2 Å². The normalized spacial score (nSPS) is 12.2. The van der Waals surface area contributed by atoms with Crippen LogP contribution in [-0.4, -0.2) is 17.1 Å². The third kappa shape index (κ3) is 2.43. The minimum absolute atomic E-state index is 0.266. The van der Waals surface area contributed by atoms with E-state index in [1.165, 1.54) is 13.0 Å². The molecule has 1 unspecified atom stereocenters. The Kier molecular flexibility index (Phi) is 3.03. The lowest BCUT2D eigenvalue weighted by atomic mass is 10.2. The lowest BCUT2D eigenvalue weighted by molar-refractivity contribution is -0.117. The molecule has 0 aliphatic heterocycles. The fourth-order valence-corrected chi connectivity index (χ4v) is 0.841. The van der Waals surface area contributed by atoms with Crippen LogP contribution in [0.4, 0.5) is 10.1 Å². The minimum Gasteiger partial charge on any atom is -0.505 e. The highest BCUT2D eigenvalue weighted by Gasteiger charge is 2.08. The number of nitrogens with one attached hydrogen (secondary N) is 1. The molecule has 0 spiro atoms. The van der Waals surface area contributed by atoms with Gasteiger partial charge in [0, 0.05) is 11.8 Å². The Morgan fingerprint density at radius 1 is 1.64 bits per heavy atom. The molecule has 0 fully saturated rings. The number of hydrogen-bond donors (Lipinski definition) is 3. The third-order valence-electron chi connectivity index (χ3n) is 1.63. The number of benzene rings is 1. The molecular weight excluding hydrogens is 187 g/mol. The summed E-state index contributed by atoms with van der Waals surface area (Å²) in [5.74, 6) is -1.65. The molecule has 0 saturated heterocycles. The Labute approximate surface area is 80.5 Å². The molecule has 5 heteroatoms. The number of carbonyl (C=O) groups excluding carboxylic acids is 1. The van der Waals surface area contributed by atoms with E-state index in [1.54, 1.807) is 0 Å². The van der Waals surface area contributed by atoms with Gasteiger partial charge in [-0.25, -0.2) is 4.39 Å². The van der Waals surface area contributed by atoms with Gasteiger partial charge in [0.2, 0.25) is 5.91 Å². The van der Waals surface area contributed by atoms with Crippen LogP contribution in [0.5, 0.6) is 5.75 Å². The second-order valence-corrected chi connectivity index (χ2v) is 2.94. The Bertz CT molecular complexity index is 353. The molecule has 0 heterocycles. The van der Waals surface area contributed by atoms with Crippen molar-refractivity contribution in [3.63, 3.8) is 0 Å². The number of amides is 1. The molecule has 1 aromatic rings. The summed E-state index contributed by atoms with van der Waals surface area (Å²) in [6.45, 7) is 1.52. The Morgan fingerprint density at radius 3 is 2.79 bits per heavy atom. The van der Waals surface area contributed by atoms with Gasteiger partial charge in [-0.3, -0.25) is 4.79 Å². The molecule has 4 nitrogen and oxygen atoms in total. The number of phenolic OH excluding ortho intramolecular Hbond substituents is 1.